The maximum Gasteiger partial charge on any atom is 0.239 e. The number of hydrogen-bond donors (Lipinski definition) is 1. The Morgan fingerprint density at radius 2 is 2.29 bits per heavy atom. The molecule has 0 bridgehead atoms. The van der Waals surface area contributed by atoms with Gasteiger partial charge in [0.1, 0.15) is 6.07 Å². The SMILES string of the molecule is CCNC(=O)CN(C)c1ccc(Br)cc1C#N. The summed E-state index contributed by atoms with van der Waals surface area (Å²) in [5.41, 5.74) is 1.30. The van der Waals surface area contributed by atoms with Gasteiger partial charge in [-0.05, 0) is 25.1 Å². The summed E-state index contributed by atoms with van der Waals surface area (Å²) in [5.74, 6) is -0.0539. The summed E-state index contributed by atoms with van der Waals surface area (Å²) in [6, 6.07) is 7.53. The van der Waals surface area contributed by atoms with E-state index in [1.807, 2.05) is 19.1 Å². The van der Waals surface area contributed by atoms with E-state index < -0.39 is 0 Å². The van der Waals surface area contributed by atoms with Crippen LogP contribution in [-0.4, -0.2) is 26.0 Å². The van der Waals surface area contributed by atoms with E-state index in [0.29, 0.717) is 12.1 Å². The van der Waals surface area contributed by atoms with Crippen molar-refractivity contribution in [3.63, 3.8) is 0 Å². The Hall–Kier alpha value is -1.54. The fourth-order valence-electron chi connectivity index (χ4n) is 1.48. The average Bonchev–Trinajstić information content (AvgIpc) is 2.28. The molecule has 1 aromatic carbocycles. The van der Waals surface area contributed by atoms with Crippen molar-refractivity contribution in [1.29, 1.82) is 5.26 Å². The van der Waals surface area contributed by atoms with Gasteiger partial charge >= 0.3 is 0 Å². The molecule has 0 aliphatic rings. The lowest BCUT2D eigenvalue weighted by Crippen LogP contribution is -2.35. The van der Waals surface area contributed by atoms with E-state index in [1.54, 1.807) is 18.0 Å². The van der Waals surface area contributed by atoms with Crippen LogP contribution in [0.15, 0.2) is 22.7 Å². The molecule has 5 heteroatoms. The van der Waals surface area contributed by atoms with Crippen LogP contribution in [0.5, 0.6) is 0 Å². The number of halogens is 1. The summed E-state index contributed by atoms with van der Waals surface area (Å²) in [7, 11) is 1.79. The smallest absolute Gasteiger partial charge is 0.239 e. The highest BCUT2D eigenvalue weighted by Crippen LogP contribution is 2.22. The second kappa shape index (κ2) is 6.26. The maximum atomic E-state index is 11.4. The summed E-state index contributed by atoms with van der Waals surface area (Å²) in [4.78, 5) is 13.2. The van der Waals surface area contributed by atoms with Crippen LogP contribution in [0.1, 0.15) is 12.5 Å². The van der Waals surface area contributed by atoms with Crippen molar-refractivity contribution in [2.45, 2.75) is 6.92 Å². The number of amides is 1. The van der Waals surface area contributed by atoms with Gasteiger partial charge in [0, 0.05) is 18.1 Å². The van der Waals surface area contributed by atoms with Crippen LogP contribution in [0.3, 0.4) is 0 Å². The third-order valence-corrected chi connectivity index (χ3v) is 2.74. The van der Waals surface area contributed by atoms with Crippen LogP contribution in [0.4, 0.5) is 5.69 Å². The van der Waals surface area contributed by atoms with Gasteiger partial charge in [0.05, 0.1) is 17.8 Å². The number of nitriles is 1. The molecule has 0 atom stereocenters. The molecule has 17 heavy (non-hydrogen) atoms. The average molecular weight is 296 g/mol. The highest BCUT2D eigenvalue weighted by atomic mass is 79.9. The molecule has 0 unspecified atom stereocenters. The first-order chi connectivity index (χ1) is 8.08. The summed E-state index contributed by atoms with van der Waals surface area (Å²) in [6.45, 7) is 2.72. The summed E-state index contributed by atoms with van der Waals surface area (Å²) >= 11 is 3.31. The third kappa shape index (κ3) is 3.75. The van der Waals surface area contributed by atoms with Crippen molar-refractivity contribution >= 4 is 27.5 Å². The molecule has 90 valence electrons. The zero-order chi connectivity index (χ0) is 12.8. The molecule has 0 radical (unpaired) electrons. The van der Waals surface area contributed by atoms with Gasteiger partial charge in [-0.3, -0.25) is 4.79 Å². The van der Waals surface area contributed by atoms with Gasteiger partial charge in [0.2, 0.25) is 5.91 Å². The molecule has 0 spiro atoms. The summed E-state index contributed by atoms with van der Waals surface area (Å²) < 4.78 is 0.851. The Morgan fingerprint density at radius 3 is 2.88 bits per heavy atom. The van der Waals surface area contributed by atoms with E-state index >= 15 is 0 Å². The fourth-order valence-corrected chi connectivity index (χ4v) is 1.85. The van der Waals surface area contributed by atoms with E-state index in [2.05, 4.69) is 27.3 Å². The third-order valence-electron chi connectivity index (χ3n) is 2.25. The molecular weight excluding hydrogens is 282 g/mol. The second-order valence-corrected chi connectivity index (χ2v) is 4.50. The number of rotatable bonds is 4. The van der Waals surface area contributed by atoms with E-state index in [0.717, 1.165) is 10.2 Å². The van der Waals surface area contributed by atoms with Gasteiger partial charge in [0.25, 0.3) is 0 Å². The van der Waals surface area contributed by atoms with Crippen LogP contribution < -0.4 is 10.2 Å². The van der Waals surface area contributed by atoms with E-state index in [-0.39, 0.29) is 12.5 Å². The molecule has 0 aliphatic carbocycles. The highest BCUT2D eigenvalue weighted by Gasteiger charge is 2.10. The minimum atomic E-state index is -0.0539. The number of nitrogens with zero attached hydrogens (tertiary/aromatic N) is 2. The van der Waals surface area contributed by atoms with Crippen LogP contribution in [-0.2, 0) is 4.79 Å². The van der Waals surface area contributed by atoms with E-state index in [4.69, 9.17) is 5.26 Å². The van der Waals surface area contributed by atoms with Gasteiger partial charge in [-0.1, -0.05) is 15.9 Å². The second-order valence-electron chi connectivity index (χ2n) is 3.58. The molecule has 4 nitrogen and oxygen atoms in total. The molecule has 0 aliphatic heterocycles. The lowest BCUT2D eigenvalue weighted by atomic mass is 10.2. The minimum Gasteiger partial charge on any atom is -0.364 e. The van der Waals surface area contributed by atoms with Crippen molar-refractivity contribution in [3.8, 4) is 6.07 Å². The number of benzene rings is 1. The molecule has 1 aromatic rings. The largest absolute Gasteiger partial charge is 0.364 e. The standard InChI is InChI=1S/C12H14BrN3O/c1-3-15-12(17)8-16(2)11-5-4-10(13)6-9(11)7-14/h4-6H,3,8H2,1-2H3,(H,15,17). The van der Waals surface area contributed by atoms with Crippen molar-refractivity contribution < 1.29 is 4.79 Å². The molecular formula is C12H14BrN3O. The number of nitrogens with one attached hydrogen (secondary N) is 1. The first-order valence-corrected chi connectivity index (χ1v) is 6.05. The normalized spacial score (nSPS) is 9.53. The quantitative estimate of drug-likeness (QED) is 0.923. The minimum absolute atomic E-state index is 0.0539. The molecule has 0 fully saturated rings. The Bertz CT molecular complexity index is 454. The van der Waals surface area contributed by atoms with Crippen LogP contribution in [0.25, 0.3) is 0 Å². The monoisotopic (exact) mass is 295 g/mol. The van der Waals surface area contributed by atoms with Crippen LogP contribution >= 0.6 is 15.9 Å². The zero-order valence-corrected chi connectivity index (χ0v) is 11.4. The van der Waals surface area contributed by atoms with Crippen molar-refractivity contribution in [2.75, 3.05) is 25.0 Å². The molecule has 1 N–H and O–H groups in total. The molecule has 1 rings (SSSR count). The Labute approximate surface area is 109 Å². The van der Waals surface area contributed by atoms with Gasteiger partial charge in [-0.2, -0.15) is 5.26 Å². The first kappa shape index (κ1) is 13.5. The van der Waals surface area contributed by atoms with Crippen LogP contribution in [0, 0.1) is 11.3 Å². The molecule has 0 aromatic heterocycles. The highest BCUT2D eigenvalue weighted by molar-refractivity contribution is 9.10. The Balaban J connectivity index is 2.86. The lowest BCUT2D eigenvalue weighted by Gasteiger charge is -2.19. The van der Waals surface area contributed by atoms with Gasteiger partial charge in [-0.25, -0.2) is 0 Å². The van der Waals surface area contributed by atoms with Crippen molar-refractivity contribution in [1.82, 2.24) is 5.32 Å². The van der Waals surface area contributed by atoms with E-state index in [9.17, 15) is 4.79 Å². The summed E-state index contributed by atoms with van der Waals surface area (Å²) in [5, 5.41) is 11.8. The Morgan fingerprint density at radius 1 is 1.59 bits per heavy atom. The number of carbonyl (C=O) groups is 1. The van der Waals surface area contributed by atoms with Crippen molar-refractivity contribution in [3.05, 3.63) is 28.2 Å². The predicted molar refractivity (Wildman–Crippen MR) is 70.8 cm³/mol. The topological polar surface area (TPSA) is 56.1 Å². The Kier molecular flexibility index (Phi) is 4.98. The number of hydrogen-bond acceptors (Lipinski definition) is 3. The molecule has 0 heterocycles. The summed E-state index contributed by atoms with van der Waals surface area (Å²) in [6.07, 6.45) is 0. The maximum absolute atomic E-state index is 11.4. The number of anilines is 1. The predicted octanol–water partition coefficient (Wildman–Crippen LogP) is 1.89. The fraction of sp³-hybridized carbons (Fsp3) is 0.333. The first-order valence-electron chi connectivity index (χ1n) is 5.26. The van der Waals surface area contributed by atoms with Gasteiger partial charge in [0.15, 0.2) is 0 Å². The molecule has 0 saturated heterocycles. The number of likely N-dealkylation sites (N-methyl/N-ethyl adjacent to an activating group) is 2. The zero-order valence-electron chi connectivity index (χ0n) is 9.83. The molecule has 0 saturated carbocycles. The van der Waals surface area contributed by atoms with Crippen LogP contribution in [0.2, 0.25) is 0 Å². The van der Waals surface area contributed by atoms with Crippen molar-refractivity contribution in [2.24, 2.45) is 0 Å². The lowest BCUT2D eigenvalue weighted by molar-refractivity contribution is -0.119. The molecule has 1 amide bonds. The van der Waals surface area contributed by atoms with E-state index in [1.165, 1.54) is 0 Å². The number of carbonyl (C=O) groups excluding carboxylic acids is 1. The van der Waals surface area contributed by atoms with Gasteiger partial charge in [-0.15, -0.1) is 0 Å². The van der Waals surface area contributed by atoms with Gasteiger partial charge < -0.3 is 10.2 Å².